The van der Waals surface area contributed by atoms with E-state index in [4.69, 9.17) is 5.11 Å². The fraction of sp³-hybridized carbons (Fsp3) is 0.917. The molecule has 0 saturated heterocycles. The Labute approximate surface area is 93.8 Å². The molecule has 0 heterocycles. The maximum atomic E-state index is 11.1. The first kappa shape index (κ1) is 16.8. The zero-order valence-electron chi connectivity index (χ0n) is 10.9. The van der Waals surface area contributed by atoms with E-state index in [0.717, 1.165) is 12.8 Å². The summed E-state index contributed by atoms with van der Waals surface area (Å²) in [6.45, 7) is 9.91. The van der Waals surface area contributed by atoms with E-state index in [9.17, 15) is 4.79 Å². The summed E-state index contributed by atoms with van der Waals surface area (Å²) in [5.41, 5.74) is -0.769. The molecule has 4 N–H and O–H groups in total. The lowest BCUT2D eigenvalue weighted by molar-refractivity contribution is -0.154. The summed E-state index contributed by atoms with van der Waals surface area (Å²) >= 11 is 0. The van der Waals surface area contributed by atoms with Gasteiger partial charge in [0.15, 0.2) is 0 Å². The fourth-order valence-corrected chi connectivity index (χ4v) is 1.42. The van der Waals surface area contributed by atoms with Crippen molar-refractivity contribution < 1.29 is 9.90 Å². The molecule has 0 unspecified atom stereocenters. The van der Waals surface area contributed by atoms with Gasteiger partial charge in [-0.25, -0.2) is 0 Å². The third-order valence-electron chi connectivity index (χ3n) is 3.63. The number of rotatable bonds is 6. The van der Waals surface area contributed by atoms with Gasteiger partial charge in [-0.1, -0.05) is 40.0 Å². The maximum Gasteiger partial charge on any atom is 0.309 e. The minimum atomic E-state index is -0.695. The molecule has 0 bridgehead atoms. The fourth-order valence-electron chi connectivity index (χ4n) is 1.42. The van der Waals surface area contributed by atoms with E-state index in [1.54, 1.807) is 0 Å². The second-order valence-corrected chi connectivity index (χ2v) is 5.27. The monoisotopic (exact) mass is 217 g/mol. The molecule has 15 heavy (non-hydrogen) atoms. The van der Waals surface area contributed by atoms with Gasteiger partial charge in [-0.15, -0.1) is 0 Å². The van der Waals surface area contributed by atoms with Crippen molar-refractivity contribution in [1.29, 1.82) is 0 Å². The quantitative estimate of drug-likeness (QED) is 0.663. The van der Waals surface area contributed by atoms with Gasteiger partial charge in [0.25, 0.3) is 0 Å². The highest BCUT2D eigenvalue weighted by Crippen LogP contribution is 2.42. The van der Waals surface area contributed by atoms with Crippen molar-refractivity contribution in [3.63, 3.8) is 0 Å². The summed E-state index contributed by atoms with van der Waals surface area (Å²) in [5.74, 6) is -0.695. The Morgan fingerprint density at radius 2 is 1.60 bits per heavy atom. The molecular weight excluding hydrogens is 190 g/mol. The van der Waals surface area contributed by atoms with E-state index in [1.807, 2.05) is 13.8 Å². The Hall–Kier alpha value is -0.570. The van der Waals surface area contributed by atoms with Crippen molar-refractivity contribution in [3.05, 3.63) is 0 Å². The molecule has 0 aliphatic rings. The lowest BCUT2D eigenvalue weighted by Crippen LogP contribution is -2.39. The second-order valence-electron chi connectivity index (χ2n) is 5.27. The lowest BCUT2D eigenvalue weighted by atomic mass is 9.65. The van der Waals surface area contributed by atoms with E-state index >= 15 is 0 Å². The van der Waals surface area contributed by atoms with Gasteiger partial charge >= 0.3 is 5.97 Å². The zero-order valence-corrected chi connectivity index (χ0v) is 10.9. The minimum absolute atomic E-state index is 0. The smallest absolute Gasteiger partial charge is 0.309 e. The van der Waals surface area contributed by atoms with E-state index in [1.165, 1.54) is 12.8 Å². The van der Waals surface area contributed by atoms with E-state index in [-0.39, 0.29) is 11.6 Å². The van der Waals surface area contributed by atoms with Gasteiger partial charge in [-0.05, 0) is 25.7 Å². The Morgan fingerprint density at radius 1 is 1.13 bits per heavy atom. The Morgan fingerprint density at radius 3 is 1.93 bits per heavy atom. The number of hydrogen-bond acceptors (Lipinski definition) is 2. The molecule has 0 aliphatic heterocycles. The first-order valence-corrected chi connectivity index (χ1v) is 5.49. The average Bonchev–Trinajstić information content (AvgIpc) is 2.04. The van der Waals surface area contributed by atoms with Gasteiger partial charge in [0.1, 0.15) is 0 Å². The standard InChI is InChI=1S/C12H24O2.H3N/c1-6-7-8-9-11(2,3)12(4,5)10(13)14;/h6-9H2,1-5H3,(H,13,14);1H3. The van der Waals surface area contributed by atoms with Gasteiger partial charge in [0, 0.05) is 0 Å². The average molecular weight is 217 g/mol. The van der Waals surface area contributed by atoms with Crippen LogP contribution in [0.1, 0.15) is 60.3 Å². The van der Waals surface area contributed by atoms with Crippen LogP contribution in [0.3, 0.4) is 0 Å². The summed E-state index contributed by atoms with van der Waals surface area (Å²) in [6.07, 6.45) is 4.49. The van der Waals surface area contributed by atoms with Crippen LogP contribution in [0.5, 0.6) is 0 Å². The van der Waals surface area contributed by atoms with Crippen LogP contribution < -0.4 is 6.15 Å². The van der Waals surface area contributed by atoms with Gasteiger partial charge in [-0.2, -0.15) is 0 Å². The largest absolute Gasteiger partial charge is 0.481 e. The first-order chi connectivity index (χ1) is 6.25. The highest BCUT2D eigenvalue weighted by molar-refractivity contribution is 5.74. The normalized spacial score (nSPS) is 12.1. The Balaban J connectivity index is 0. The minimum Gasteiger partial charge on any atom is -0.481 e. The van der Waals surface area contributed by atoms with E-state index < -0.39 is 11.4 Å². The summed E-state index contributed by atoms with van der Waals surface area (Å²) < 4.78 is 0. The van der Waals surface area contributed by atoms with E-state index in [0.29, 0.717) is 0 Å². The molecule has 0 rings (SSSR count). The summed E-state index contributed by atoms with van der Waals surface area (Å²) in [4.78, 5) is 11.1. The molecule has 0 spiro atoms. The molecule has 0 aromatic rings. The van der Waals surface area contributed by atoms with E-state index in [2.05, 4.69) is 20.8 Å². The zero-order chi connectivity index (χ0) is 11.4. The predicted molar refractivity (Wildman–Crippen MR) is 64.4 cm³/mol. The lowest BCUT2D eigenvalue weighted by Gasteiger charge is -2.38. The molecule has 3 heteroatoms. The van der Waals surface area contributed by atoms with Crippen molar-refractivity contribution in [3.8, 4) is 0 Å². The molecule has 0 aliphatic carbocycles. The van der Waals surface area contributed by atoms with Gasteiger partial charge in [-0.3, -0.25) is 4.79 Å². The molecule has 0 aromatic carbocycles. The molecule has 0 fully saturated rings. The number of carboxylic acids is 1. The summed E-state index contributed by atoms with van der Waals surface area (Å²) in [7, 11) is 0. The van der Waals surface area contributed by atoms with Crippen LogP contribution in [0.15, 0.2) is 0 Å². The van der Waals surface area contributed by atoms with Crippen molar-refractivity contribution in [2.24, 2.45) is 10.8 Å². The van der Waals surface area contributed by atoms with Gasteiger partial charge in [0.05, 0.1) is 5.41 Å². The molecule has 0 atom stereocenters. The second kappa shape index (κ2) is 6.11. The van der Waals surface area contributed by atoms with Crippen LogP contribution >= 0.6 is 0 Å². The number of hydrogen-bond donors (Lipinski definition) is 2. The summed E-state index contributed by atoms with van der Waals surface area (Å²) in [6, 6.07) is 0. The molecule has 0 amide bonds. The third kappa shape index (κ3) is 4.20. The first-order valence-electron chi connectivity index (χ1n) is 5.49. The van der Waals surface area contributed by atoms with Crippen LogP contribution in [0.2, 0.25) is 0 Å². The van der Waals surface area contributed by atoms with Crippen molar-refractivity contribution in [2.45, 2.75) is 60.3 Å². The van der Waals surface area contributed by atoms with Gasteiger partial charge in [0.2, 0.25) is 0 Å². The number of carbonyl (C=O) groups is 1. The van der Waals surface area contributed by atoms with Crippen LogP contribution in [0, 0.1) is 10.8 Å². The van der Waals surface area contributed by atoms with Crippen molar-refractivity contribution >= 4 is 5.97 Å². The van der Waals surface area contributed by atoms with Crippen LogP contribution in [-0.2, 0) is 4.79 Å². The molecule has 92 valence electrons. The van der Waals surface area contributed by atoms with Crippen LogP contribution in [-0.4, -0.2) is 11.1 Å². The molecule has 3 nitrogen and oxygen atoms in total. The Bertz CT molecular complexity index is 198. The van der Waals surface area contributed by atoms with Crippen molar-refractivity contribution in [2.75, 3.05) is 0 Å². The third-order valence-corrected chi connectivity index (χ3v) is 3.63. The Kier molecular flexibility index (Phi) is 6.86. The number of aliphatic carboxylic acids is 1. The van der Waals surface area contributed by atoms with Gasteiger partial charge < -0.3 is 11.3 Å². The molecule has 0 saturated carbocycles. The topological polar surface area (TPSA) is 72.3 Å². The highest BCUT2D eigenvalue weighted by atomic mass is 16.4. The summed E-state index contributed by atoms with van der Waals surface area (Å²) in [5, 5.41) is 9.13. The maximum absolute atomic E-state index is 11.1. The van der Waals surface area contributed by atoms with Crippen LogP contribution in [0.4, 0.5) is 0 Å². The predicted octanol–water partition coefficient (Wildman–Crippen LogP) is 3.87. The number of unbranched alkanes of at least 4 members (excludes halogenated alkanes) is 2. The molecule has 0 aromatic heterocycles. The molecule has 0 radical (unpaired) electrons. The SMILES string of the molecule is CCCCCC(C)(C)C(C)(C)C(=O)O.N. The van der Waals surface area contributed by atoms with Crippen molar-refractivity contribution in [1.82, 2.24) is 6.15 Å². The highest BCUT2D eigenvalue weighted by Gasteiger charge is 2.42. The molecular formula is C12H27NO2. The van der Waals surface area contributed by atoms with Crippen LogP contribution in [0.25, 0.3) is 0 Å². The number of carboxylic acid groups (broad SMARTS) is 1.